The number of Topliss-reactive ketones (excluding diaryl/α,β-unsaturated/α-hetero) is 3. The number of benzene rings is 2. The first-order valence-electron chi connectivity index (χ1n) is 10.2. The number of nitrogens with zero attached hydrogens (tertiary/aromatic N) is 2. The molecule has 2 unspecified atom stereocenters. The van der Waals surface area contributed by atoms with Crippen molar-refractivity contribution in [3.8, 4) is 0 Å². The van der Waals surface area contributed by atoms with E-state index in [1.807, 2.05) is 0 Å². The number of allylic oxidation sites excluding steroid dienone is 2. The topological polar surface area (TPSA) is 153 Å². The highest BCUT2D eigenvalue weighted by atomic mass is 32.3. The number of ketones is 3. The molecule has 0 fully saturated rings. The van der Waals surface area contributed by atoms with Crippen molar-refractivity contribution in [2.45, 2.75) is 41.6 Å². The quantitative estimate of drug-likeness (QED) is 0.460. The summed E-state index contributed by atoms with van der Waals surface area (Å²) in [5.41, 5.74) is 0. The Labute approximate surface area is 214 Å². The van der Waals surface area contributed by atoms with Crippen LogP contribution >= 0.6 is 0 Å². The van der Waals surface area contributed by atoms with Crippen molar-refractivity contribution in [2.75, 3.05) is 0 Å². The van der Waals surface area contributed by atoms with Gasteiger partial charge in [-0.05, 0) is 62.7 Å². The van der Waals surface area contributed by atoms with Crippen molar-refractivity contribution in [3.63, 3.8) is 0 Å². The fourth-order valence-electron chi connectivity index (χ4n) is 3.33. The lowest BCUT2D eigenvalue weighted by Crippen LogP contribution is -2.55. The molecule has 0 N–H and O–H groups in total. The Bertz CT molecular complexity index is 1550. The minimum absolute atomic E-state index is 0.175. The highest BCUT2D eigenvalue weighted by Crippen LogP contribution is 2.40. The largest absolute Gasteiger partial charge is 0.417 e. The van der Waals surface area contributed by atoms with Crippen LogP contribution in [0.3, 0.4) is 0 Å². The highest BCUT2D eigenvalue weighted by Gasteiger charge is 2.57. The van der Waals surface area contributed by atoms with Gasteiger partial charge in [0.15, 0.2) is 17.3 Å². The fourth-order valence-corrected chi connectivity index (χ4v) is 11.6. The molecule has 2 aromatic rings. The minimum Gasteiger partial charge on any atom is -0.417 e. The van der Waals surface area contributed by atoms with Gasteiger partial charge >= 0.3 is 0 Å². The van der Waals surface area contributed by atoms with Gasteiger partial charge in [-0.2, -0.15) is 16.8 Å². The second-order valence-corrected chi connectivity index (χ2v) is 14.7. The van der Waals surface area contributed by atoms with E-state index in [0.29, 0.717) is 0 Å². The Morgan fingerprint density at radius 1 is 0.750 bits per heavy atom. The first-order valence-corrected chi connectivity index (χ1v) is 15.4. The minimum atomic E-state index is -4.50. The van der Waals surface area contributed by atoms with Crippen molar-refractivity contribution < 1.29 is 35.4 Å². The van der Waals surface area contributed by atoms with Crippen LogP contribution in [0.4, 0.5) is 0 Å². The highest BCUT2D eigenvalue weighted by molar-refractivity contribution is 8.14. The van der Waals surface area contributed by atoms with Gasteiger partial charge in [-0.15, -0.1) is 3.77 Å². The molecule has 0 aliphatic carbocycles. The van der Waals surface area contributed by atoms with Crippen LogP contribution in [0.2, 0.25) is 0 Å². The van der Waals surface area contributed by atoms with Gasteiger partial charge in [0.1, 0.15) is 21.6 Å². The van der Waals surface area contributed by atoms with Crippen LogP contribution in [-0.4, -0.2) is 38.3 Å². The average molecular weight is 571 g/mol. The maximum Gasteiger partial charge on any atom is 0.290 e. The van der Waals surface area contributed by atoms with E-state index in [1.165, 1.54) is 55.5 Å². The molecule has 36 heavy (non-hydrogen) atoms. The monoisotopic (exact) mass is 570 g/mol. The van der Waals surface area contributed by atoms with Crippen LogP contribution in [0, 0.1) is 0 Å². The van der Waals surface area contributed by atoms with Crippen molar-refractivity contribution in [1.82, 2.24) is 0 Å². The van der Waals surface area contributed by atoms with Gasteiger partial charge in [0.05, 0.1) is 9.79 Å². The second-order valence-electron chi connectivity index (χ2n) is 7.51. The van der Waals surface area contributed by atoms with Crippen molar-refractivity contribution in [1.29, 1.82) is 0 Å². The maximum absolute atomic E-state index is 13.2. The Balaban J connectivity index is 2.47. The maximum atomic E-state index is 13.2. The third kappa shape index (κ3) is 5.03. The first kappa shape index (κ1) is 27.8. The van der Waals surface area contributed by atoms with Crippen LogP contribution in [0.15, 0.2) is 88.7 Å². The van der Waals surface area contributed by atoms with E-state index in [9.17, 15) is 31.2 Å². The van der Waals surface area contributed by atoms with Crippen LogP contribution in [0.1, 0.15) is 27.7 Å². The lowest BCUT2D eigenvalue weighted by atomic mass is 10.2. The molecular formula is C22H22N2O8S4. The summed E-state index contributed by atoms with van der Waals surface area (Å²) in [6, 6.07) is 14.1. The predicted molar refractivity (Wildman–Crippen MR) is 135 cm³/mol. The van der Waals surface area contributed by atoms with E-state index in [-0.39, 0.29) is 20.5 Å². The van der Waals surface area contributed by atoms with Crippen LogP contribution in [0.25, 0.3) is 0 Å². The number of sulfonamides is 2. The van der Waals surface area contributed by atoms with Gasteiger partial charge in [0.25, 0.3) is 20.0 Å². The first-order chi connectivity index (χ1) is 16.7. The predicted octanol–water partition coefficient (Wildman–Crippen LogP) is 3.01. The van der Waals surface area contributed by atoms with Crippen LogP contribution in [0.5, 0.6) is 0 Å². The van der Waals surface area contributed by atoms with Gasteiger partial charge in [-0.3, -0.25) is 14.4 Å². The van der Waals surface area contributed by atoms with Crippen LogP contribution < -0.4 is 0 Å². The molecule has 0 aromatic heterocycles. The molecule has 0 saturated heterocycles. The summed E-state index contributed by atoms with van der Waals surface area (Å²) in [6.07, 6.45) is 0. The summed E-state index contributed by atoms with van der Waals surface area (Å²) >= 11 is 0. The molecule has 0 amide bonds. The lowest BCUT2D eigenvalue weighted by molar-refractivity contribution is -0.125. The normalized spacial score (nSPS) is 20.1. The third-order valence-electron chi connectivity index (χ3n) is 4.90. The third-order valence-corrected chi connectivity index (χ3v) is 13.8. The van der Waals surface area contributed by atoms with Crippen molar-refractivity contribution in [2.24, 2.45) is 7.54 Å². The number of carbonyl (C=O) groups is 3. The van der Waals surface area contributed by atoms with Gasteiger partial charge in [-0.25, -0.2) is 0 Å². The smallest absolute Gasteiger partial charge is 0.290 e. The molecule has 192 valence electrons. The summed E-state index contributed by atoms with van der Waals surface area (Å²) in [5, 5.41) is 0. The summed E-state index contributed by atoms with van der Waals surface area (Å²) in [4.78, 5) is 38.2. The number of carbonyl (C=O) groups excluding carboxylic acids is 3. The molecule has 3 rings (SSSR count). The van der Waals surface area contributed by atoms with Crippen molar-refractivity contribution in [3.05, 3.63) is 71.3 Å². The number of hydrogen-bond acceptors (Lipinski definition) is 8. The van der Waals surface area contributed by atoms with E-state index in [4.69, 9.17) is 4.18 Å². The van der Waals surface area contributed by atoms with Gasteiger partial charge < -0.3 is 4.18 Å². The number of hydrogen-bond donors (Lipinski definition) is 0. The van der Waals surface area contributed by atoms with E-state index in [0.717, 1.165) is 20.8 Å². The standard InChI is InChI=1S/C22H22N2O8S4/c1-15(25)21-16(2)32-34(24-36(30,31)20-13-9-6-10-14-20)22(17(3)26,18(4)27)33(21)23-35(28,29)19-11-7-5-8-12-19/h5-14H,1-4H3. The summed E-state index contributed by atoms with van der Waals surface area (Å²) in [6.45, 7) is 4.38. The molecule has 0 spiro atoms. The van der Waals surface area contributed by atoms with Gasteiger partial charge in [0, 0.05) is 0 Å². The Morgan fingerprint density at radius 3 is 1.56 bits per heavy atom. The van der Waals surface area contributed by atoms with Gasteiger partial charge in [-0.1, -0.05) is 40.2 Å². The number of rotatable bonds is 7. The molecule has 0 saturated carbocycles. The Morgan fingerprint density at radius 2 is 1.17 bits per heavy atom. The van der Waals surface area contributed by atoms with E-state index < -0.39 is 63.1 Å². The summed E-state index contributed by atoms with van der Waals surface area (Å²) in [7, 11) is -13.6. The van der Waals surface area contributed by atoms with E-state index >= 15 is 0 Å². The SMILES string of the molecule is CC(=O)C1=C(C)O/S(=N\S(=O)(=O)c2ccccc2)C(C(C)=O)(C(C)=O)/S1=N/S(=O)(=O)c1ccccc1. The van der Waals surface area contributed by atoms with E-state index in [2.05, 4.69) is 7.54 Å². The molecule has 2 aromatic carbocycles. The molecule has 1 aliphatic rings. The van der Waals surface area contributed by atoms with Crippen LogP contribution in [-0.2, 0) is 60.3 Å². The Hall–Kier alpha value is -2.81. The molecule has 1 heterocycles. The molecule has 0 radical (unpaired) electrons. The second kappa shape index (κ2) is 10.3. The molecule has 0 bridgehead atoms. The zero-order valence-corrected chi connectivity index (χ0v) is 22.8. The lowest BCUT2D eigenvalue weighted by Gasteiger charge is -2.36. The summed E-state index contributed by atoms with van der Waals surface area (Å²) in [5.74, 6) is -2.74. The molecule has 1 aliphatic heterocycles. The van der Waals surface area contributed by atoms with E-state index in [1.54, 1.807) is 12.1 Å². The fraction of sp³-hybridized carbons (Fsp3) is 0.227. The van der Waals surface area contributed by atoms with Gasteiger partial charge in [0.2, 0.25) is 4.08 Å². The summed E-state index contributed by atoms with van der Waals surface area (Å²) < 4.78 is 63.4. The molecular weight excluding hydrogens is 549 g/mol. The zero-order chi connectivity index (χ0) is 26.9. The molecule has 14 heteroatoms. The van der Waals surface area contributed by atoms with Crippen molar-refractivity contribution >= 4 is 59.1 Å². The average Bonchev–Trinajstić information content (AvgIpc) is 2.79. The molecule has 10 nitrogen and oxygen atoms in total. The molecule has 2 atom stereocenters. The zero-order valence-electron chi connectivity index (χ0n) is 19.6. The Kier molecular flexibility index (Phi) is 7.93.